The fraction of sp³-hybridized carbons (Fsp3) is 0.864. The van der Waals surface area contributed by atoms with Crippen LogP contribution in [-0.2, 0) is 4.79 Å². The van der Waals surface area contributed by atoms with E-state index >= 15 is 0 Å². The molecule has 0 radical (unpaired) electrons. The van der Waals surface area contributed by atoms with Crippen molar-refractivity contribution < 1.29 is 14.7 Å². The van der Waals surface area contributed by atoms with E-state index in [-0.39, 0.29) is 23.8 Å². The van der Waals surface area contributed by atoms with Crippen molar-refractivity contribution >= 4 is 17.8 Å². The minimum Gasteiger partial charge on any atom is -0.387 e. The number of carbonyl (C=O) groups is 2. The molecule has 0 spiro atoms. The molecule has 170 valence electrons. The molecule has 0 aromatic rings. The molecule has 3 fully saturated rings. The summed E-state index contributed by atoms with van der Waals surface area (Å²) >= 11 is 0. The lowest BCUT2D eigenvalue weighted by atomic mass is 9.70. The summed E-state index contributed by atoms with van der Waals surface area (Å²) < 4.78 is 0. The Hall–Kier alpha value is -1.67. The highest BCUT2D eigenvalue weighted by Crippen LogP contribution is 2.41. The van der Waals surface area contributed by atoms with E-state index in [0.717, 1.165) is 38.9 Å². The van der Waals surface area contributed by atoms with Gasteiger partial charge in [-0.1, -0.05) is 13.3 Å². The number of piperidine rings is 2. The predicted octanol–water partition coefficient (Wildman–Crippen LogP) is 2.16. The summed E-state index contributed by atoms with van der Waals surface area (Å²) in [4.78, 5) is 34.4. The summed E-state index contributed by atoms with van der Waals surface area (Å²) in [6.45, 7) is 10.2. The van der Waals surface area contributed by atoms with Gasteiger partial charge in [0.05, 0.1) is 0 Å². The van der Waals surface area contributed by atoms with Crippen LogP contribution < -0.4 is 5.73 Å². The number of aliphatic hydroxyl groups is 1. The first kappa shape index (κ1) is 23.0. The van der Waals surface area contributed by atoms with Gasteiger partial charge in [0.2, 0.25) is 5.91 Å². The molecule has 3 atom stereocenters. The lowest BCUT2D eigenvalue weighted by Gasteiger charge is -2.49. The Kier molecular flexibility index (Phi) is 7.07. The van der Waals surface area contributed by atoms with E-state index in [1.807, 2.05) is 6.92 Å². The number of carbonyl (C=O) groups excluding carboxylic acids is 2. The quantitative estimate of drug-likeness (QED) is 0.535. The van der Waals surface area contributed by atoms with Crippen molar-refractivity contribution in [3.05, 3.63) is 0 Å². The summed E-state index contributed by atoms with van der Waals surface area (Å²) in [7, 11) is 0. The number of nitrogens with two attached hydrogens (primary N) is 1. The number of hydrogen-bond donors (Lipinski definition) is 2. The standard InChI is InChI=1S/C22H39N5O3/c1-15-12-19(13-20(29)27(15)21(30)24-16(2)23)25-10-6-18(7-11-25)26(17(3)28)14-22(4)8-5-9-22/h15,18-20,29H,5-14H2,1-4H3,(H2,23,24,30). The van der Waals surface area contributed by atoms with Gasteiger partial charge in [-0.15, -0.1) is 0 Å². The van der Waals surface area contributed by atoms with E-state index in [1.54, 1.807) is 13.8 Å². The number of likely N-dealkylation sites (tertiary alicyclic amines) is 2. The topological polar surface area (TPSA) is 102 Å². The molecule has 8 heteroatoms. The summed E-state index contributed by atoms with van der Waals surface area (Å²) in [6, 6.07) is -0.0203. The molecule has 1 saturated carbocycles. The summed E-state index contributed by atoms with van der Waals surface area (Å²) in [5, 5.41) is 10.6. The van der Waals surface area contributed by atoms with Gasteiger partial charge in [-0.25, -0.2) is 4.79 Å². The normalized spacial score (nSPS) is 30.6. The van der Waals surface area contributed by atoms with E-state index in [2.05, 4.69) is 21.7 Å². The molecule has 0 aromatic heterocycles. The van der Waals surface area contributed by atoms with Crippen LogP contribution in [-0.4, -0.2) is 81.6 Å². The third-order valence-electron chi connectivity index (χ3n) is 7.36. The van der Waals surface area contributed by atoms with Crippen molar-refractivity contribution in [2.45, 2.75) is 97.0 Å². The van der Waals surface area contributed by atoms with E-state index in [9.17, 15) is 14.7 Å². The maximum Gasteiger partial charge on any atom is 0.347 e. The zero-order valence-electron chi connectivity index (χ0n) is 19.0. The average molecular weight is 422 g/mol. The number of aliphatic imine (C=N–C) groups is 1. The van der Waals surface area contributed by atoms with Gasteiger partial charge in [0.15, 0.2) is 0 Å². The molecule has 1 aliphatic carbocycles. The highest BCUT2D eigenvalue weighted by molar-refractivity contribution is 5.91. The molecular weight excluding hydrogens is 382 g/mol. The van der Waals surface area contributed by atoms with Gasteiger partial charge in [-0.2, -0.15) is 4.99 Å². The molecule has 2 heterocycles. The Morgan fingerprint density at radius 3 is 2.30 bits per heavy atom. The van der Waals surface area contributed by atoms with Gasteiger partial charge in [0, 0.05) is 51.1 Å². The monoisotopic (exact) mass is 421 g/mol. The molecule has 3 aliphatic rings. The molecule has 0 bridgehead atoms. The van der Waals surface area contributed by atoms with E-state index in [4.69, 9.17) is 5.73 Å². The van der Waals surface area contributed by atoms with Crippen molar-refractivity contribution in [3.63, 3.8) is 0 Å². The van der Waals surface area contributed by atoms with Gasteiger partial charge >= 0.3 is 6.03 Å². The minimum atomic E-state index is -0.848. The van der Waals surface area contributed by atoms with Gasteiger partial charge in [0.25, 0.3) is 0 Å². The zero-order valence-corrected chi connectivity index (χ0v) is 19.0. The summed E-state index contributed by atoms with van der Waals surface area (Å²) in [6.07, 6.45) is 6.13. The largest absolute Gasteiger partial charge is 0.387 e. The predicted molar refractivity (Wildman–Crippen MR) is 117 cm³/mol. The van der Waals surface area contributed by atoms with Gasteiger partial charge in [-0.3, -0.25) is 14.6 Å². The van der Waals surface area contributed by atoms with Crippen LogP contribution in [0, 0.1) is 5.41 Å². The van der Waals surface area contributed by atoms with E-state index < -0.39 is 12.3 Å². The Morgan fingerprint density at radius 2 is 1.83 bits per heavy atom. The zero-order chi connectivity index (χ0) is 22.1. The second kappa shape index (κ2) is 9.22. The second-order valence-electron chi connectivity index (χ2n) is 9.98. The molecule has 0 aromatic carbocycles. The molecule has 2 aliphatic heterocycles. The van der Waals surface area contributed by atoms with Crippen LogP contribution >= 0.6 is 0 Å². The van der Waals surface area contributed by atoms with Crippen LogP contribution in [0.15, 0.2) is 4.99 Å². The minimum absolute atomic E-state index is 0.0978. The Bertz CT molecular complexity index is 654. The third kappa shape index (κ3) is 5.14. The molecule has 2 saturated heterocycles. The van der Waals surface area contributed by atoms with Crippen LogP contribution in [0.2, 0.25) is 0 Å². The molecular formula is C22H39N5O3. The van der Waals surface area contributed by atoms with Crippen LogP contribution in [0.5, 0.6) is 0 Å². The third-order valence-corrected chi connectivity index (χ3v) is 7.36. The van der Waals surface area contributed by atoms with Crippen molar-refractivity contribution in [1.29, 1.82) is 0 Å². The average Bonchev–Trinajstić information content (AvgIpc) is 2.63. The number of amidine groups is 1. The van der Waals surface area contributed by atoms with Crippen LogP contribution in [0.4, 0.5) is 4.79 Å². The molecule has 3 amide bonds. The van der Waals surface area contributed by atoms with Crippen LogP contribution in [0.1, 0.15) is 72.6 Å². The van der Waals surface area contributed by atoms with Gasteiger partial charge < -0.3 is 15.7 Å². The SMILES string of the molecule is CC(=O)N(CC1(C)CCC1)C1CCN(C2CC(C)N(C(=O)/N=C(/C)N)C(O)C2)CC1. The van der Waals surface area contributed by atoms with Gasteiger partial charge in [-0.05, 0) is 51.4 Å². The van der Waals surface area contributed by atoms with Crippen LogP contribution in [0.25, 0.3) is 0 Å². The fourth-order valence-electron chi connectivity index (χ4n) is 5.49. The number of amides is 3. The molecule has 8 nitrogen and oxygen atoms in total. The van der Waals surface area contributed by atoms with E-state index in [0.29, 0.717) is 17.9 Å². The van der Waals surface area contributed by atoms with Crippen molar-refractivity contribution in [2.24, 2.45) is 16.1 Å². The Balaban J connectivity index is 1.55. The van der Waals surface area contributed by atoms with E-state index in [1.165, 1.54) is 24.2 Å². The summed E-state index contributed by atoms with van der Waals surface area (Å²) in [5.74, 6) is 0.391. The molecule has 3 rings (SSSR count). The highest BCUT2D eigenvalue weighted by Gasteiger charge is 2.40. The smallest absolute Gasteiger partial charge is 0.347 e. The number of rotatable bonds is 4. The highest BCUT2D eigenvalue weighted by atomic mass is 16.3. The van der Waals surface area contributed by atoms with Crippen molar-refractivity contribution in [1.82, 2.24) is 14.7 Å². The van der Waals surface area contributed by atoms with Gasteiger partial charge in [0.1, 0.15) is 12.1 Å². The maximum absolute atomic E-state index is 12.3. The first-order valence-electron chi connectivity index (χ1n) is 11.4. The fourth-order valence-corrected chi connectivity index (χ4v) is 5.49. The number of hydrogen-bond acceptors (Lipinski definition) is 4. The van der Waals surface area contributed by atoms with Crippen molar-refractivity contribution in [3.8, 4) is 0 Å². The number of urea groups is 1. The number of nitrogens with zero attached hydrogens (tertiary/aromatic N) is 4. The maximum atomic E-state index is 12.3. The van der Waals surface area contributed by atoms with Crippen LogP contribution in [0.3, 0.4) is 0 Å². The Labute approximate surface area is 180 Å². The number of aliphatic hydroxyl groups excluding tert-OH is 1. The Morgan fingerprint density at radius 1 is 1.20 bits per heavy atom. The van der Waals surface area contributed by atoms with Crippen molar-refractivity contribution in [2.75, 3.05) is 19.6 Å². The lowest BCUT2D eigenvalue weighted by molar-refractivity contribution is -0.135. The molecule has 30 heavy (non-hydrogen) atoms. The first-order chi connectivity index (χ1) is 14.1. The molecule has 3 N–H and O–H groups in total. The first-order valence-corrected chi connectivity index (χ1v) is 11.4. The molecule has 3 unspecified atom stereocenters. The summed E-state index contributed by atoms with van der Waals surface area (Å²) in [5.41, 5.74) is 5.83. The lowest BCUT2D eigenvalue weighted by Crippen LogP contribution is -2.58. The second-order valence-corrected chi connectivity index (χ2v) is 9.98.